The van der Waals surface area contributed by atoms with E-state index in [-0.39, 0.29) is 11.8 Å². The highest BCUT2D eigenvalue weighted by Crippen LogP contribution is 2.24. The molecule has 3 rings (SSSR count). The lowest BCUT2D eigenvalue weighted by molar-refractivity contribution is -0.119. The SMILES string of the molecule is C=CCN(Cc1ccc(Cl)s1)C(=O)c1ccc(N2CCCCC2=O)cc1. The summed E-state index contributed by atoms with van der Waals surface area (Å²) < 4.78 is 0.710. The number of anilines is 1. The molecule has 2 aromatic rings. The number of nitrogens with zero attached hydrogens (tertiary/aromatic N) is 2. The van der Waals surface area contributed by atoms with E-state index in [0.717, 1.165) is 30.0 Å². The largest absolute Gasteiger partial charge is 0.330 e. The van der Waals surface area contributed by atoms with E-state index in [1.54, 1.807) is 28.0 Å². The van der Waals surface area contributed by atoms with Crippen LogP contribution in [-0.4, -0.2) is 29.8 Å². The number of carbonyl (C=O) groups is 2. The summed E-state index contributed by atoms with van der Waals surface area (Å²) in [5, 5.41) is 0. The highest BCUT2D eigenvalue weighted by Gasteiger charge is 2.21. The summed E-state index contributed by atoms with van der Waals surface area (Å²) in [6.45, 7) is 5.44. The lowest BCUT2D eigenvalue weighted by Crippen LogP contribution is -2.35. The summed E-state index contributed by atoms with van der Waals surface area (Å²) in [4.78, 5) is 29.5. The molecular weight excluding hydrogens is 368 g/mol. The van der Waals surface area contributed by atoms with Gasteiger partial charge in [0.2, 0.25) is 5.91 Å². The van der Waals surface area contributed by atoms with Gasteiger partial charge >= 0.3 is 0 Å². The number of piperidine rings is 1. The minimum absolute atomic E-state index is 0.0639. The van der Waals surface area contributed by atoms with E-state index < -0.39 is 0 Å². The smallest absolute Gasteiger partial charge is 0.254 e. The Bertz CT molecular complexity index is 800. The van der Waals surface area contributed by atoms with Crippen LogP contribution in [0.3, 0.4) is 0 Å². The molecule has 1 aromatic carbocycles. The molecule has 0 spiro atoms. The van der Waals surface area contributed by atoms with Gasteiger partial charge in [-0.05, 0) is 49.2 Å². The Hall–Kier alpha value is -2.11. The van der Waals surface area contributed by atoms with Crippen LogP contribution in [0.15, 0.2) is 49.1 Å². The number of thiophene rings is 1. The number of halogens is 1. The van der Waals surface area contributed by atoms with Crippen LogP contribution in [0.4, 0.5) is 5.69 Å². The van der Waals surface area contributed by atoms with Crippen LogP contribution < -0.4 is 4.90 Å². The van der Waals surface area contributed by atoms with Crippen molar-refractivity contribution in [1.82, 2.24) is 4.90 Å². The first-order valence-corrected chi connectivity index (χ1v) is 9.83. The summed E-state index contributed by atoms with van der Waals surface area (Å²) in [7, 11) is 0. The maximum atomic E-state index is 12.9. The molecule has 0 atom stereocenters. The molecule has 136 valence electrons. The normalized spacial score (nSPS) is 14.3. The van der Waals surface area contributed by atoms with E-state index >= 15 is 0 Å². The fourth-order valence-corrected chi connectivity index (χ4v) is 4.15. The molecule has 6 heteroatoms. The van der Waals surface area contributed by atoms with Crippen LogP contribution in [-0.2, 0) is 11.3 Å². The van der Waals surface area contributed by atoms with E-state index in [1.165, 1.54) is 11.3 Å². The highest BCUT2D eigenvalue weighted by molar-refractivity contribution is 7.16. The summed E-state index contributed by atoms with van der Waals surface area (Å²) >= 11 is 7.45. The van der Waals surface area contributed by atoms with Crippen molar-refractivity contribution >= 4 is 40.4 Å². The van der Waals surface area contributed by atoms with Crippen molar-refractivity contribution in [2.45, 2.75) is 25.8 Å². The molecule has 2 amide bonds. The molecule has 0 unspecified atom stereocenters. The molecule has 1 fully saturated rings. The van der Waals surface area contributed by atoms with E-state index in [2.05, 4.69) is 6.58 Å². The van der Waals surface area contributed by atoms with E-state index in [9.17, 15) is 9.59 Å². The third-order valence-corrected chi connectivity index (χ3v) is 5.58. The van der Waals surface area contributed by atoms with Crippen molar-refractivity contribution in [2.75, 3.05) is 18.0 Å². The van der Waals surface area contributed by atoms with Gasteiger partial charge in [0.25, 0.3) is 5.91 Å². The van der Waals surface area contributed by atoms with Crippen molar-refractivity contribution in [3.63, 3.8) is 0 Å². The second-order valence-corrected chi connectivity index (χ2v) is 8.03. The Balaban J connectivity index is 1.74. The van der Waals surface area contributed by atoms with Crippen LogP contribution in [0.25, 0.3) is 0 Å². The fraction of sp³-hybridized carbons (Fsp3) is 0.300. The summed E-state index contributed by atoms with van der Waals surface area (Å²) in [5.74, 6) is 0.0872. The van der Waals surface area contributed by atoms with E-state index in [4.69, 9.17) is 11.6 Å². The maximum absolute atomic E-state index is 12.9. The van der Waals surface area contributed by atoms with Gasteiger partial charge in [-0.15, -0.1) is 17.9 Å². The summed E-state index contributed by atoms with van der Waals surface area (Å²) in [5.41, 5.74) is 1.45. The standard InChI is InChI=1S/C20H21ClN2O2S/c1-2-12-22(14-17-10-11-18(21)26-17)20(25)15-6-8-16(9-7-15)23-13-4-3-5-19(23)24/h2,6-11H,1,3-5,12-14H2. The molecular formula is C20H21ClN2O2S. The predicted molar refractivity (Wildman–Crippen MR) is 107 cm³/mol. The van der Waals surface area contributed by atoms with Crippen molar-refractivity contribution in [1.29, 1.82) is 0 Å². The molecule has 0 aliphatic carbocycles. The molecule has 26 heavy (non-hydrogen) atoms. The molecule has 1 aromatic heterocycles. The Morgan fingerprint density at radius 2 is 2.00 bits per heavy atom. The van der Waals surface area contributed by atoms with Gasteiger partial charge in [-0.1, -0.05) is 17.7 Å². The zero-order valence-electron chi connectivity index (χ0n) is 14.5. The molecule has 4 nitrogen and oxygen atoms in total. The van der Waals surface area contributed by atoms with E-state index in [1.807, 2.05) is 24.3 Å². The number of hydrogen-bond acceptors (Lipinski definition) is 3. The summed E-state index contributed by atoms with van der Waals surface area (Å²) in [6.07, 6.45) is 4.28. The lowest BCUT2D eigenvalue weighted by Gasteiger charge is -2.27. The third kappa shape index (κ3) is 4.34. The zero-order valence-corrected chi connectivity index (χ0v) is 16.1. The van der Waals surface area contributed by atoms with Crippen molar-refractivity contribution < 1.29 is 9.59 Å². The Labute approximate surface area is 162 Å². The van der Waals surface area contributed by atoms with Gasteiger partial charge in [-0.3, -0.25) is 9.59 Å². The fourth-order valence-electron chi connectivity index (χ4n) is 3.05. The quantitative estimate of drug-likeness (QED) is 0.670. The average molecular weight is 389 g/mol. The first-order chi connectivity index (χ1) is 12.6. The van der Waals surface area contributed by atoms with Gasteiger partial charge in [0.05, 0.1) is 10.9 Å². The molecule has 2 heterocycles. The average Bonchev–Trinajstić information content (AvgIpc) is 3.06. The predicted octanol–water partition coefficient (Wildman–Crippen LogP) is 4.75. The zero-order chi connectivity index (χ0) is 18.5. The molecule has 0 N–H and O–H groups in total. The van der Waals surface area contributed by atoms with Crippen LogP contribution >= 0.6 is 22.9 Å². The van der Waals surface area contributed by atoms with Crippen molar-refractivity contribution in [3.05, 3.63) is 63.8 Å². The monoisotopic (exact) mass is 388 g/mol. The van der Waals surface area contributed by atoms with Gasteiger partial charge in [0.1, 0.15) is 0 Å². The van der Waals surface area contributed by atoms with Gasteiger partial charge in [0, 0.05) is 35.6 Å². The first kappa shape index (κ1) is 18.7. The Morgan fingerprint density at radius 1 is 1.23 bits per heavy atom. The minimum atomic E-state index is -0.0639. The number of carbonyl (C=O) groups excluding carboxylic acids is 2. The molecule has 1 aliphatic rings. The molecule has 1 saturated heterocycles. The number of rotatable bonds is 6. The molecule has 1 aliphatic heterocycles. The molecule has 0 saturated carbocycles. The first-order valence-electron chi connectivity index (χ1n) is 8.63. The van der Waals surface area contributed by atoms with Crippen molar-refractivity contribution in [2.24, 2.45) is 0 Å². The second-order valence-electron chi connectivity index (χ2n) is 6.23. The van der Waals surface area contributed by atoms with E-state index in [0.29, 0.717) is 29.4 Å². The summed E-state index contributed by atoms with van der Waals surface area (Å²) in [6, 6.07) is 11.0. The molecule has 0 bridgehead atoms. The van der Waals surface area contributed by atoms with Gasteiger partial charge in [0.15, 0.2) is 0 Å². The van der Waals surface area contributed by atoms with Crippen LogP contribution in [0, 0.1) is 0 Å². The third-order valence-electron chi connectivity index (χ3n) is 4.36. The topological polar surface area (TPSA) is 40.6 Å². The number of hydrogen-bond donors (Lipinski definition) is 0. The van der Waals surface area contributed by atoms with Gasteiger partial charge in [-0.2, -0.15) is 0 Å². The van der Waals surface area contributed by atoms with Crippen LogP contribution in [0.1, 0.15) is 34.5 Å². The van der Waals surface area contributed by atoms with Crippen LogP contribution in [0.2, 0.25) is 4.34 Å². The number of amides is 2. The second kappa shape index (κ2) is 8.52. The lowest BCUT2D eigenvalue weighted by atomic mass is 10.1. The van der Waals surface area contributed by atoms with Crippen LogP contribution in [0.5, 0.6) is 0 Å². The van der Waals surface area contributed by atoms with Crippen molar-refractivity contribution in [3.8, 4) is 0 Å². The molecule has 0 radical (unpaired) electrons. The van der Waals surface area contributed by atoms with Gasteiger partial charge < -0.3 is 9.80 Å². The Kier molecular flexibility index (Phi) is 6.12. The maximum Gasteiger partial charge on any atom is 0.254 e. The Morgan fingerprint density at radius 3 is 2.62 bits per heavy atom. The highest BCUT2D eigenvalue weighted by atomic mass is 35.5. The number of benzene rings is 1. The van der Waals surface area contributed by atoms with Gasteiger partial charge in [-0.25, -0.2) is 0 Å². The minimum Gasteiger partial charge on any atom is -0.330 e.